The summed E-state index contributed by atoms with van der Waals surface area (Å²) in [6, 6.07) is 0.187. The molecular formula is C11H16N4O2. The number of hydrogen-bond acceptors (Lipinski definition) is 5. The lowest BCUT2D eigenvalue weighted by molar-refractivity contribution is 0.0175. The fraction of sp³-hybridized carbons (Fsp3) is 0.545. The predicted octanol–water partition coefficient (Wildman–Crippen LogP) is 0.425. The fourth-order valence-corrected chi connectivity index (χ4v) is 1.73. The van der Waals surface area contributed by atoms with E-state index in [9.17, 15) is 4.79 Å². The molecule has 1 aromatic heterocycles. The van der Waals surface area contributed by atoms with Crippen molar-refractivity contribution in [3.8, 4) is 0 Å². The van der Waals surface area contributed by atoms with E-state index in [1.165, 1.54) is 6.20 Å². The Morgan fingerprint density at radius 1 is 1.47 bits per heavy atom. The molecule has 1 saturated carbocycles. The lowest BCUT2D eigenvalue weighted by Crippen LogP contribution is -2.47. The molecule has 6 nitrogen and oxygen atoms in total. The number of hydrogen-bond donors (Lipinski definition) is 2. The van der Waals surface area contributed by atoms with Crippen LogP contribution in [0.3, 0.4) is 0 Å². The van der Waals surface area contributed by atoms with Gasteiger partial charge < -0.3 is 15.4 Å². The van der Waals surface area contributed by atoms with Crippen molar-refractivity contribution in [2.24, 2.45) is 0 Å². The third-order valence-corrected chi connectivity index (χ3v) is 2.89. The standard InChI is InChI=1S/C11H16N4O2/c1-12-10-6-13-5-9(15-10)11(16)14-7-3-8(4-7)17-2/h5-8H,3-4H2,1-2H3,(H,12,15)(H,14,16). The molecule has 0 aliphatic heterocycles. The van der Waals surface area contributed by atoms with Gasteiger partial charge in [-0.05, 0) is 12.8 Å². The van der Waals surface area contributed by atoms with Crippen LogP contribution in [0.2, 0.25) is 0 Å². The quantitative estimate of drug-likeness (QED) is 0.792. The summed E-state index contributed by atoms with van der Waals surface area (Å²) in [5, 5.41) is 5.75. The minimum Gasteiger partial charge on any atom is -0.381 e. The number of ether oxygens (including phenoxy) is 1. The second-order valence-corrected chi connectivity index (χ2v) is 4.04. The number of nitrogens with zero attached hydrogens (tertiary/aromatic N) is 2. The maximum Gasteiger partial charge on any atom is 0.271 e. The summed E-state index contributed by atoms with van der Waals surface area (Å²) >= 11 is 0. The first-order valence-electron chi connectivity index (χ1n) is 5.56. The lowest BCUT2D eigenvalue weighted by Gasteiger charge is -2.34. The molecule has 0 bridgehead atoms. The minimum atomic E-state index is -0.186. The van der Waals surface area contributed by atoms with Crippen molar-refractivity contribution in [2.75, 3.05) is 19.5 Å². The van der Waals surface area contributed by atoms with Gasteiger partial charge >= 0.3 is 0 Å². The van der Waals surface area contributed by atoms with Crippen LogP contribution in [-0.4, -0.2) is 42.2 Å². The molecule has 92 valence electrons. The Morgan fingerprint density at radius 3 is 2.88 bits per heavy atom. The zero-order chi connectivity index (χ0) is 12.3. The smallest absolute Gasteiger partial charge is 0.271 e. The van der Waals surface area contributed by atoms with Gasteiger partial charge in [-0.1, -0.05) is 0 Å². The van der Waals surface area contributed by atoms with Crippen LogP contribution in [0.1, 0.15) is 23.3 Å². The molecule has 1 heterocycles. The number of amides is 1. The Kier molecular flexibility index (Phi) is 3.53. The van der Waals surface area contributed by atoms with Gasteiger partial charge in [0.1, 0.15) is 11.5 Å². The van der Waals surface area contributed by atoms with Crippen LogP contribution >= 0.6 is 0 Å². The highest BCUT2D eigenvalue weighted by Crippen LogP contribution is 2.22. The van der Waals surface area contributed by atoms with E-state index in [4.69, 9.17) is 4.74 Å². The summed E-state index contributed by atoms with van der Waals surface area (Å²) in [4.78, 5) is 19.9. The van der Waals surface area contributed by atoms with E-state index in [2.05, 4.69) is 20.6 Å². The normalized spacial score (nSPS) is 22.7. The number of nitrogens with one attached hydrogen (secondary N) is 2. The van der Waals surface area contributed by atoms with Crippen molar-refractivity contribution >= 4 is 11.7 Å². The maximum absolute atomic E-state index is 11.8. The number of carbonyl (C=O) groups is 1. The summed E-state index contributed by atoms with van der Waals surface area (Å²) < 4.78 is 5.15. The van der Waals surface area contributed by atoms with Crippen LogP contribution in [0, 0.1) is 0 Å². The van der Waals surface area contributed by atoms with E-state index >= 15 is 0 Å². The fourth-order valence-electron chi connectivity index (χ4n) is 1.73. The van der Waals surface area contributed by atoms with Crippen molar-refractivity contribution in [3.63, 3.8) is 0 Å². The number of aromatic nitrogens is 2. The van der Waals surface area contributed by atoms with Gasteiger partial charge in [0.15, 0.2) is 0 Å². The predicted molar refractivity (Wildman–Crippen MR) is 62.9 cm³/mol. The van der Waals surface area contributed by atoms with Gasteiger partial charge in [-0.3, -0.25) is 9.78 Å². The van der Waals surface area contributed by atoms with Crippen molar-refractivity contribution in [1.82, 2.24) is 15.3 Å². The van der Waals surface area contributed by atoms with Crippen LogP contribution in [0.25, 0.3) is 0 Å². The van der Waals surface area contributed by atoms with Gasteiger partial charge in [-0.15, -0.1) is 0 Å². The maximum atomic E-state index is 11.8. The molecule has 0 radical (unpaired) electrons. The van der Waals surface area contributed by atoms with Gasteiger partial charge in [0.25, 0.3) is 5.91 Å². The summed E-state index contributed by atoms with van der Waals surface area (Å²) in [7, 11) is 3.42. The Balaban J connectivity index is 1.91. The Bertz CT molecular complexity index is 404. The van der Waals surface area contributed by atoms with Gasteiger partial charge in [-0.2, -0.15) is 0 Å². The first-order valence-corrected chi connectivity index (χ1v) is 5.56. The largest absolute Gasteiger partial charge is 0.381 e. The zero-order valence-corrected chi connectivity index (χ0v) is 9.93. The second-order valence-electron chi connectivity index (χ2n) is 4.04. The number of anilines is 1. The van der Waals surface area contributed by atoms with E-state index < -0.39 is 0 Å². The second kappa shape index (κ2) is 5.09. The summed E-state index contributed by atoms with van der Waals surface area (Å²) in [6.45, 7) is 0. The third-order valence-electron chi connectivity index (χ3n) is 2.89. The average molecular weight is 236 g/mol. The van der Waals surface area contributed by atoms with Crippen LogP contribution < -0.4 is 10.6 Å². The van der Waals surface area contributed by atoms with Crippen LogP contribution in [-0.2, 0) is 4.74 Å². The van der Waals surface area contributed by atoms with Crippen LogP contribution in [0.15, 0.2) is 12.4 Å². The molecule has 0 atom stereocenters. The summed E-state index contributed by atoms with van der Waals surface area (Å²) in [5.74, 6) is 0.398. The van der Waals surface area contributed by atoms with Crippen LogP contribution in [0.4, 0.5) is 5.82 Å². The Morgan fingerprint density at radius 2 is 2.24 bits per heavy atom. The van der Waals surface area contributed by atoms with Crippen molar-refractivity contribution < 1.29 is 9.53 Å². The molecule has 6 heteroatoms. The van der Waals surface area contributed by atoms with Crippen LogP contribution in [0.5, 0.6) is 0 Å². The SMILES string of the molecule is CNc1cncc(C(=O)NC2CC(OC)C2)n1. The molecule has 0 aromatic carbocycles. The van der Waals surface area contributed by atoms with Gasteiger partial charge in [0.05, 0.1) is 18.5 Å². The molecule has 2 rings (SSSR count). The third kappa shape index (κ3) is 2.71. The minimum absolute atomic E-state index is 0.186. The van der Waals surface area contributed by atoms with Crippen molar-refractivity contribution in [1.29, 1.82) is 0 Å². The number of rotatable bonds is 4. The molecule has 1 fully saturated rings. The molecule has 2 N–H and O–H groups in total. The molecule has 0 spiro atoms. The highest BCUT2D eigenvalue weighted by atomic mass is 16.5. The van der Waals surface area contributed by atoms with Crippen molar-refractivity contribution in [3.05, 3.63) is 18.1 Å². The van der Waals surface area contributed by atoms with Crippen molar-refractivity contribution in [2.45, 2.75) is 25.0 Å². The molecule has 1 aliphatic carbocycles. The number of carbonyl (C=O) groups excluding carboxylic acids is 1. The zero-order valence-electron chi connectivity index (χ0n) is 9.93. The average Bonchev–Trinajstić information content (AvgIpc) is 2.33. The topological polar surface area (TPSA) is 76.1 Å². The number of methoxy groups -OCH3 is 1. The molecular weight excluding hydrogens is 220 g/mol. The van der Waals surface area contributed by atoms with Gasteiger partial charge in [-0.25, -0.2) is 4.98 Å². The first kappa shape index (κ1) is 11.8. The van der Waals surface area contributed by atoms with Gasteiger partial charge in [0.2, 0.25) is 0 Å². The summed E-state index contributed by atoms with van der Waals surface area (Å²) in [6.07, 6.45) is 5.03. The molecule has 1 amide bonds. The monoisotopic (exact) mass is 236 g/mol. The molecule has 1 aromatic rings. The molecule has 1 aliphatic rings. The molecule has 0 saturated heterocycles. The first-order chi connectivity index (χ1) is 8.22. The summed E-state index contributed by atoms with van der Waals surface area (Å²) in [5.41, 5.74) is 0.331. The lowest BCUT2D eigenvalue weighted by atomic mass is 9.89. The van der Waals surface area contributed by atoms with E-state index in [0.29, 0.717) is 11.5 Å². The van der Waals surface area contributed by atoms with E-state index in [1.54, 1.807) is 20.4 Å². The highest BCUT2D eigenvalue weighted by Gasteiger charge is 2.30. The van der Waals surface area contributed by atoms with Gasteiger partial charge in [0, 0.05) is 20.2 Å². The van der Waals surface area contributed by atoms with E-state index in [1.807, 2.05) is 0 Å². The van der Waals surface area contributed by atoms with E-state index in [0.717, 1.165) is 12.8 Å². The highest BCUT2D eigenvalue weighted by molar-refractivity contribution is 5.92. The molecule has 0 unspecified atom stereocenters. The molecule has 17 heavy (non-hydrogen) atoms. The van der Waals surface area contributed by atoms with E-state index in [-0.39, 0.29) is 18.1 Å². The Labute approximate surface area is 99.8 Å². The Hall–Kier alpha value is -1.69.